The minimum absolute atomic E-state index is 0.0891. The minimum Gasteiger partial charge on any atom is -0.294 e. The molecule has 3 heteroatoms. The lowest BCUT2D eigenvalue weighted by atomic mass is 9.96. The summed E-state index contributed by atoms with van der Waals surface area (Å²) in [6.07, 6.45) is 1.22. The number of halogens is 2. The molecule has 0 spiro atoms. The lowest BCUT2D eigenvalue weighted by molar-refractivity contribution is 0.0983. The molecule has 0 bridgehead atoms. The summed E-state index contributed by atoms with van der Waals surface area (Å²) in [5, 5.41) is 0.891. The van der Waals surface area contributed by atoms with Crippen molar-refractivity contribution >= 4 is 29.0 Å². The number of hydrogen-bond acceptors (Lipinski definition) is 1. The molecule has 0 saturated heterocycles. The molecular weight excluding hydrogens is 291 g/mol. The smallest absolute Gasteiger partial charge is 0.163 e. The molecule has 0 amide bonds. The van der Waals surface area contributed by atoms with Gasteiger partial charge in [0, 0.05) is 12.0 Å². The van der Waals surface area contributed by atoms with Crippen molar-refractivity contribution in [3.8, 4) is 0 Å². The molecule has 0 fully saturated rings. The van der Waals surface area contributed by atoms with Gasteiger partial charge in [0.15, 0.2) is 5.78 Å². The van der Waals surface area contributed by atoms with Crippen LogP contribution in [-0.2, 0) is 6.42 Å². The maximum absolute atomic E-state index is 12.2. The van der Waals surface area contributed by atoms with Crippen molar-refractivity contribution in [2.75, 3.05) is 0 Å². The first-order chi connectivity index (χ1) is 9.49. The van der Waals surface area contributed by atoms with Gasteiger partial charge in [-0.1, -0.05) is 41.4 Å². The second-order valence-corrected chi connectivity index (χ2v) is 5.74. The summed E-state index contributed by atoms with van der Waals surface area (Å²) in [6.45, 7) is 4.15. The number of carbonyl (C=O) groups is 1. The molecule has 0 aliphatic heterocycles. The summed E-state index contributed by atoms with van der Waals surface area (Å²) < 4.78 is 0. The standard InChI is InChI=1S/C17H16Cl2O/c1-11-4-3-5-12(2)14(11)7-9-17(20)13-6-8-15(18)16(19)10-13/h3-6,8,10H,7,9H2,1-2H3. The van der Waals surface area contributed by atoms with E-state index in [0.717, 1.165) is 6.42 Å². The summed E-state index contributed by atoms with van der Waals surface area (Å²) in [7, 11) is 0. The summed E-state index contributed by atoms with van der Waals surface area (Å²) in [6, 6.07) is 11.2. The number of ketones is 1. The van der Waals surface area contributed by atoms with Gasteiger partial charge < -0.3 is 0 Å². The fourth-order valence-corrected chi connectivity index (χ4v) is 2.59. The lowest BCUT2D eigenvalue weighted by Gasteiger charge is -2.09. The molecule has 1 nitrogen and oxygen atoms in total. The van der Waals surface area contributed by atoms with Crippen LogP contribution in [0.1, 0.15) is 33.5 Å². The van der Waals surface area contributed by atoms with Crippen molar-refractivity contribution in [2.24, 2.45) is 0 Å². The Morgan fingerprint density at radius 1 is 1.00 bits per heavy atom. The molecule has 0 aliphatic rings. The van der Waals surface area contributed by atoms with E-state index in [1.807, 2.05) is 6.07 Å². The monoisotopic (exact) mass is 306 g/mol. The van der Waals surface area contributed by atoms with E-state index in [9.17, 15) is 4.79 Å². The highest BCUT2D eigenvalue weighted by atomic mass is 35.5. The third kappa shape index (κ3) is 3.41. The Hall–Kier alpha value is -1.31. The average molecular weight is 307 g/mol. The van der Waals surface area contributed by atoms with E-state index in [4.69, 9.17) is 23.2 Å². The van der Waals surface area contributed by atoms with E-state index in [1.165, 1.54) is 16.7 Å². The summed E-state index contributed by atoms with van der Waals surface area (Å²) in [5.41, 5.74) is 4.32. The van der Waals surface area contributed by atoms with Gasteiger partial charge in [0.2, 0.25) is 0 Å². The van der Waals surface area contributed by atoms with Crippen LogP contribution in [0.25, 0.3) is 0 Å². The molecule has 0 aromatic heterocycles. The number of hydrogen-bond donors (Lipinski definition) is 0. The highest BCUT2D eigenvalue weighted by Gasteiger charge is 2.10. The van der Waals surface area contributed by atoms with Crippen LogP contribution in [0.3, 0.4) is 0 Å². The summed E-state index contributed by atoms with van der Waals surface area (Å²) in [4.78, 5) is 12.2. The predicted octanol–water partition coefficient (Wildman–Crippen LogP) is 5.43. The normalized spacial score (nSPS) is 10.6. The summed E-state index contributed by atoms with van der Waals surface area (Å²) >= 11 is 11.8. The second kappa shape index (κ2) is 6.43. The van der Waals surface area contributed by atoms with E-state index < -0.39 is 0 Å². The van der Waals surface area contributed by atoms with Gasteiger partial charge in [-0.15, -0.1) is 0 Å². The first-order valence-electron chi connectivity index (χ1n) is 6.52. The quantitative estimate of drug-likeness (QED) is 0.689. The zero-order valence-corrected chi connectivity index (χ0v) is 13.1. The molecule has 0 atom stereocenters. The van der Waals surface area contributed by atoms with Gasteiger partial charge in [0.05, 0.1) is 10.0 Å². The van der Waals surface area contributed by atoms with Gasteiger partial charge >= 0.3 is 0 Å². The van der Waals surface area contributed by atoms with Crippen molar-refractivity contribution in [3.63, 3.8) is 0 Å². The fraction of sp³-hybridized carbons (Fsp3) is 0.235. The van der Waals surface area contributed by atoms with Crippen LogP contribution in [0, 0.1) is 13.8 Å². The molecule has 0 radical (unpaired) electrons. The van der Waals surface area contributed by atoms with Crippen LogP contribution < -0.4 is 0 Å². The average Bonchev–Trinajstić information content (AvgIpc) is 2.41. The highest BCUT2D eigenvalue weighted by Crippen LogP contribution is 2.24. The predicted molar refractivity (Wildman–Crippen MR) is 85.0 cm³/mol. The Balaban J connectivity index is 2.11. The van der Waals surface area contributed by atoms with E-state index in [2.05, 4.69) is 26.0 Å². The van der Waals surface area contributed by atoms with Crippen molar-refractivity contribution in [3.05, 3.63) is 68.7 Å². The minimum atomic E-state index is 0.0891. The van der Waals surface area contributed by atoms with Crippen LogP contribution >= 0.6 is 23.2 Å². The molecule has 0 aliphatic carbocycles. The van der Waals surface area contributed by atoms with Crippen molar-refractivity contribution in [1.82, 2.24) is 0 Å². The highest BCUT2D eigenvalue weighted by molar-refractivity contribution is 6.42. The number of benzene rings is 2. The van der Waals surface area contributed by atoms with Crippen molar-refractivity contribution in [2.45, 2.75) is 26.7 Å². The number of carbonyl (C=O) groups excluding carboxylic acids is 1. The van der Waals surface area contributed by atoms with Crippen LogP contribution in [-0.4, -0.2) is 5.78 Å². The molecule has 2 aromatic rings. The van der Waals surface area contributed by atoms with Gasteiger partial charge in [-0.3, -0.25) is 4.79 Å². The topological polar surface area (TPSA) is 17.1 Å². The molecule has 0 saturated carbocycles. The zero-order valence-electron chi connectivity index (χ0n) is 11.5. The SMILES string of the molecule is Cc1cccc(C)c1CCC(=O)c1ccc(Cl)c(Cl)c1. The van der Waals surface area contributed by atoms with Crippen LogP contribution in [0.4, 0.5) is 0 Å². The van der Waals surface area contributed by atoms with Crippen molar-refractivity contribution in [1.29, 1.82) is 0 Å². The first-order valence-corrected chi connectivity index (χ1v) is 7.28. The Bertz CT molecular complexity index is 627. The Morgan fingerprint density at radius 2 is 1.65 bits per heavy atom. The third-order valence-electron chi connectivity index (χ3n) is 3.49. The molecule has 2 aromatic carbocycles. The first kappa shape index (κ1) is 15.1. The van der Waals surface area contributed by atoms with Gasteiger partial charge in [0.25, 0.3) is 0 Å². The maximum atomic E-state index is 12.2. The molecule has 104 valence electrons. The van der Waals surface area contributed by atoms with Crippen LogP contribution in [0.5, 0.6) is 0 Å². The summed E-state index contributed by atoms with van der Waals surface area (Å²) in [5.74, 6) is 0.0891. The van der Waals surface area contributed by atoms with Gasteiger partial charge in [0.1, 0.15) is 0 Å². The van der Waals surface area contributed by atoms with Crippen LogP contribution in [0.15, 0.2) is 36.4 Å². The Labute approximate surface area is 129 Å². The fourth-order valence-electron chi connectivity index (χ4n) is 2.30. The molecule has 2 rings (SSSR count). The molecular formula is C17H16Cl2O. The molecule has 0 unspecified atom stereocenters. The largest absolute Gasteiger partial charge is 0.294 e. The second-order valence-electron chi connectivity index (χ2n) is 4.92. The number of Topliss-reactive ketones (excluding diaryl/α,β-unsaturated/α-hetero) is 1. The van der Waals surface area contributed by atoms with E-state index >= 15 is 0 Å². The third-order valence-corrected chi connectivity index (χ3v) is 4.23. The Morgan fingerprint density at radius 3 is 2.25 bits per heavy atom. The van der Waals surface area contributed by atoms with Gasteiger partial charge in [-0.2, -0.15) is 0 Å². The number of aryl methyl sites for hydroxylation is 2. The zero-order chi connectivity index (χ0) is 14.7. The molecule has 0 heterocycles. The van der Waals surface area contributed by atoms with Crippen LogP contribution in [0.2, 0.25) is 10.0 Å². The molecule has 20 heavy (non-hydrogen) atoms. The number of rotatable bonds is 4. The maximum Gasteiger partial charge on any atom is 0.163 e. The Kier molecular flexibility index (Phi) is 4.85. The van der Waals surface area contributed by atoms with Gasteiger partial charge in [-0.05, 0) is 55.2 Å². The van der Waals surface area contributed by atoms with Gasteiger partial charge in [-0.25, -0.2) is 0 Å². The molecule has 0 N–H and O–H groups in total. The van der Waals surface area contributed by atoms with Crippen molar-refractivity contribution < 1.29 is 4.79 Å². The lowest BCUT2D eigenvalue weighted by Crippen LogP contribution is -2.03. The van der Waals surface area contributed by atoms with E-state index in [-0.39, 0.29) is 5.78 Å². The van der Waals surface area contributed by atoms with E-state index in [0.29, 0.717) is 22.0 Å². The van der Waals surface area contributed by atoms with E-state index in [1.54, 1.807) is 18.2 Å².